The largest absolute Gasteiger partial charge is 0.381 e. The highest BCUT2D eigenvalue weighted by atomic mass is 35.5. The zero-order valence-electron chi connectivity index (χ0n) is 8.51. The summed E-state index contributed by atoms with van der Waals surface area (Å²) in [5.74, 6) is 0.270. The highest BCUT2D eigenvalue weighted by molar-refractivity contribution is 6.31. The van der Waals surface area contributed by atoms with Crippen LogP contribution in [0.5, 0.6) is 0 Å². The van der Waals surface area contributed by atoms with Gasteiger partial charge in [-0.25, -0.2) is 0 Å². The van der Waals surface area contributed by atoms with Gasteiger partial charge in [-0.3, -0.25) is 4.79 Å². The Balaban J connectivity index is 2.15. The molecule has 1 aliphatic carbocycles. The summed E-state index contributed by atoms with van der Waals surface area (Å²) in [6, 6.07) is 5.73. The van der Waals surface area contributed by atoms with Crippen LogP contribution in [0.25, 0.3) is 0 Å². The summed E-state index contributed by atoms with van der Waals surface area (Å²) in [6.07, 6.45) is 2.01. The van der Waals surface area contributed by atoms with E-state index in [0.29, 0.717) is 5.02 Å². The average molecular weight is 222 g/mol. The molecule has 1 aromatic carbocycles. The normalized spacial score (nSPS) is 26.0. The fourth-order valence-electron chi connectivity index (χ4n) is 2.46. The molecule has 1 aromatic rings. The van der Waals surface area contributed by atoms with Crippen molar-refractivity contribution in [1.29, 1.82) is 0 Å². The fourth-order valence-corrected chi connectivity index (χ4v) is 2.63. The summed E-state index contributed by atoms with van der Waals surface area (Å²) in [4.78, 5) is 12.3. The van der Waals surface area contributed by atoms with E-state index < -0.39 is 0 Å². The van der Waals surface area contributed by atoms with Gasteiger partial charge in [0.2, 0.25) is 0 Å². The van der Waals surface area contributed by atoms with Crippen LogP contribution in [0.4, 0.5) is 5.69 Å². The van der Waals surface area contributed by atoms with Crippen LogP contribution in [0.2, 0.25) is 5.02 Å². The molecule has 0 amide bonds. The number of anilines is 1. The number of Topliss-reactive ketones (excluding diaryl/α,β-unsaturated/α-hetero) is 1. The Bertz CT molecular complexity index is 451. The highest BCUT2D eigenvalue weighted by Crippen LogP contribution is 2.55. The van der Waals surface area contributed by atoms with Crippen LogP contribution in [-0.2, 0) is 0 Å². The van der Waals surface area contributed by atoms with Gasteiger partial charge in [0.25, 0.3) is 0 Å². The first-order valence-corrected chi connectivity index (χ1v) is 5.62. The minimum absolute atomic E-state index is 0.127. The van der Waals surface area contributed by atoms with Crippen molar-refractivity contribution in [3.8, 4) is 0 Å². The number of carbonyl (C=O) groups excluding carboxylic acids is 1. The molecule has 0 radical (unpaired) electrons. The van der Waals surface area contributed by atoms with E-state index in [1.54, 1.807) is 6.07 Å². The van der Waals surface area contributed by atoms with Gasteiger partial charge in [-0.1, -0.05) is 11.6 Å². The van der Waals surface area contributed by atoms with E-state index in [4.69, 9.17) is 11.6 Å². The van der Waals surface area contributed by atoms with Crippen molar-refractivity contribution in [1.82, 2.24) is 0 Å². The van der Waals surface area contributed by atoms with E-state index in [1.807, 2.05) is 12.1 Å². The molecule has 0 aromatic heterocycles. The van der Waals surface area contributed by atoms with E-state index in [0.717, 1.165) is 24.1 Å². The molecular formula is C12H12ClNO. The second kappa shape index (κ2) is 2.76. The molecule has 0 bridgehead atoms. The molecule has 1 aliphatic heterocycles. The number of nitrogens with one attached hydrogen (secondary N) is 1. The summed E-state index contributed by atoms with van der Waals surface area (Å²) in [5, 5.41) is 4.02. The number of benzene rings is 1. The van der Waals surface area contributed by atoms with E-state index in [-0.39, 0.29) is 17.2 Å². The molecule has 2 aliphatic rings. The van der Waals surface area contributed by atoms with Crippen LogP contribution in [0.15, 0.2) is 18.2 Å². The number of halogens is 1. The van der Waals surface area contributed by atoms with Gasteiger partial charge in [-0.15, -0.1) is 0 Å². The second-order valence-corrected chi connectivity index (χ2v) is 4.98. The van der Waals surface area contributed by atoms with Crippen molar-refractivity contribution in [3.05, 3.63) is 28.8 Å². The van der Waals surface area contributed by atoms with Crippen LogP contribution in [-0.4, -0.2) is 11.8 Å². The maximum absolute atomic E-state index is 12.3. The Morgan fingerprint density at radius 3 is 2.87 bits per heavy atom. The van der Waals surface area contributed by atoms with Gasteiger partial charge in [0.15, 0.2) is 5.78 Å². The quantitative estimate of drug-likeness (QED) is 0.730. The van der Waals surface area contributed by atoms with Crippen LogP contribution in [0.1, 0.15) is 30.1 Å². The first-order chi connectivity index (χ1) is 7.13. The maximum Gasteiger partial charge on any atom is 0.173 e. The number of ketones is 1. The van der Waals surface area contributed by atoms with Crippen LogP contribution in [0, 0.1) is 5.41 Å². The van der Waals surface area contributed by atoms with E-state index in [9.17, 15) is 4.79 Å². The van der Waals surface area contributed by atoms with Crippen molar-refractivity contribution in [3.63, 3.8) is 0 Å². The van der Waals surface area contributed by atoms with Gasteiger partial charge in [-0.2, -0.15) is 0 Å². The lowest BCUT2D eigenvalue weighted by atomic mass is 9.84. The molecule has 1 N–H and O–H groups in total. The highest BCUT2D eigenvalue weighted by Gasteiger charge is 2.56. The Kier molecular flexibility index (Phi) is 1.70. The molecule has 1 unspecified atom stereocenters. The first-order valence-electron chi connectivity index (χ1n) is 5.24. The number of rotatable bonds is 0. The first kappa shape index (κ1) is 9.22. The number of hydrogen-bond acceptors (Lipinski definition) is 2. The average Bonchev–Trinajstić information content (AvgIpc) is 2.99. The molecule has 1 heterocycles. The monoisotopic (exact) mass is 221 g/mol. The Hall–Kier alpha value is -1.02. The SMILES string of the molecule is CC1Nc2ccc(Cl)cc2C(=O)C12CC2. The third-order valence-corrected chi connectivity index (χ3v) is 3.90. The van der Waals surface area contributed by atoms with Crippen molar-refractivity contribution < 1.29 is 4.79 Å². The zero-order valence-corrected chi connectivity index (χ0v) is 9.27. The van der Waals surface area contributed by atoms with E-state index >= 15 is 0 Å². The van der Waals surface area contributed by atoms with Gasteiger partial charge in [0.05, 0.1) is 5.41 Å². The minimum atomic E-state index is -0.127. The van der Waals surface area contributed by atoms with Crippen LogP contribution >= 0.6 is 11.6 Å². The predicted molar refractivity (Wildman–Crippen MR) is 60.5 cm³/mol. The van der Waals surface area contributed by atoms with Gasteiger partial charge in [0, 0.05) is 22.3 Å². The molecular weight excluding hydrogens is 210 g/mol. The van der Waals surface area contributed by atoms with Gasteiger partial charge >= 0.3 is 0 Å². The number of carbonyl (C=O) groups is 1. The lowest BCUT2D eigenvalue weighted by molar-refractivity contribution is 0.0881. The summed E-state index contributed by atoms with van der Waals surface area (Å²) in [5.41, 5.74) is 1.56. The topological polar surface area (TPSA) is 29.1 Å². The third kappa shape index (κ3) is 1.14. The summed E-state index contributed by atoms with van der Waals surface area (Å²) in [7, 11) is 0. The smallest absolute Gasteiger partial charge is 0.173 e. The van der Waals surface area contributed by atoms with Crippen molar-refractivity contribution >= 4 is 23.1 Å². The lowest BCUT2D eigenvalue weighted by Gasteiger charge is -2.31. The molecule has 1 atom stereocenters. The molecule has 3 heteroatoms. The summed E-state index contributed by atoms with van der Waals surface area (Å²) >= 11 is 5.91. The van der Waals surface area contributed by atoms with Crippen LogP contribution < -0.4 is 5.32 Å². The molecule has 78 valence electrons. The van der Waals surface area contributed by atoms with Crippen molar-refractivity contribution in [2.24, 2.45) is 5.41 Å². The minimum Gasteiger partial charge on any atom is -0.381 e. The summed E-state index contributed by atoms with van der Waals surface area (Å²) < 4.78 is 0. The van der Waals surface area contributed by atoms with E-state index in [2.05, 4.69) is 12.2 Å². The summed E-state index contributed by atoms with van der Waals surface area (Å²) in [6.45, 7) is 2.09. The third-order valence-electron chi connectivity index (χ3n) is 3.67. The van der Waals surface area contributed by atoms with Crippen LogP contribution in [0.3, 0.4) is 0 Å². The standard InChI is InChI=1S/C12H12ClNO/c1-7-12(4-5-12)11(15)9-6-8(13)2-3-10(9)14-7/h2-3,6-7,14H,4-5H2,1H3. The Labute approximate surface area is 93.6 Å². The van der Waals surface area contributed by atoms with E-state index in [1.165, 1.54) is 0 Å². The molecule has 0 saturated heterocycles. The van der Waals surface area contributed by atoms with Gasteiger partial charge < -0.3 is 5.32 Å². The van der Waals surface area contributed by atoms with Gasteiger partial charge in [-0.05, 0) is 38.0 Å². The number of fused-ring (bicyclic) bond motifs is 1. The Morgan fingerprint density at radius 2 is 2.20 bits per heavy atom. The molecule has 3 rings (SSSR count). The fraction of sp³-hybridized carbons (Fsp3) is 0.417. The number of hydrogen-bond donors (Lipinski definition) is 1. The molecule has 1 spiro atoms. The predicted octanol–water partition coefficient (Wildman–Crippen LogP) is 3.12. The molecule has 15 heavy (non-hydrogen) atoms. The molecule has 1 saturated carbocycles. The van der Waals surface area contributed by atoms with Crippen molar-refractivity contribution in [2.75, 3.05) is 5.32 Å². The zero-order chi connectivity index (χ0) is 10.6. The second-order valence-electron chi connectivity index (χ2n) is 4.54. The lowest BCUT2D eigenvalue weighted by Crippen LogP contribution is -2.39. The Morgan fingerprint density at radius 1 is 1.47 bits per heavy atom. The molecule has 1 fully saturated rings. The van der Waals surface area contributed by atoms with Gasteiger partial charge in [0.1, 0.15) is 0 Å². The van der Waals surface area contributed by atoms with Crippen molar-refractivity contribution in [2.45, 2.75) is 25.8 Å². The molecule has 2 nitrogen and oxygen atoms in total. The maximum atomic E-state index is 12.3.